The fourth-order valence-electron chi connectivity index (χ4n) is 1.17. The maximum Gasteiger partial charge on any atom is 0.242 e. The molecular formula is C7H9N5O2. The summed E-state index contributed by atoms with van der Waals surface area (Å²) in [4.78, 5) is 14.2. The lowest BCUT2D eigenvalue weighted by Gasteiger charge is -1.93. The van der Waals surface area contributed by atoms with Crippen molar-refractivity contribution in [1.29, 1.82) is 0 Å². The van der Waals surface area contributed by atoms with E-state index in [1.807, 2.05) is 0 Å². The number of aromatic amines is 1. The van der Waals surface area contributed by atoms with Crippen LogP contribution in [0.5, 0.6) is 5.88 Å². The Balaban J connectivity index is 2.58. The number of anilines is 1. The van der Waals surface area contributed by atoms with Gasteiger partial charge in [0.1, 0.15) is 11.3 Å². The van der Waals surface area contributed by atoms with Crippen molar-refractivity contribution < 1.29 is 10.2 Å². The highest BCUT2D eigenvalue weighted by atomic mass is 16.3. The van der Waals surface area contributed by atoms with Crippen molar-refractivity contribution >= 4 is 17.1 Å². The van der Waals surface area contributed by atoms with E-state index in [0.717, 1.165) is 0 Å². The number of nitrogen functional groups attached to an aromatic ring is 1. The van der Waals surface area contributed by atoms with E-state index in [9.17, 15) is 5.11 Å². The molecular weight excluding hydrogens is 186 g/mol. The summed E-state index contributed by atoms with van der Waals surface area (Å²) in [5.74, 6) is 0.277. The fourth-order valence-corrected chi connectivity index (χ4v) is 1.17. The minimum atomic E-state index is -0.232. The predicted molar refractivity (Wildman–Crippen MR) is 48.6 cm³/mol. The number of nitrogens with two attached hydrogens (primary N) is 1. The lowest BCUT2D eigenvalue weighted by molar-refractivity contribution is 0.297. The van der Waals surface area contributed by atoms with Crippen LogP contribution in [0.1, 0.15) is 5.82 Å². The SMILES string of the molecule is Nc1nc(O)c2[nH]c(CCO)nc2n1. The average Bonchev–Trinajstić information content (AvgIpc) is 2.48. The molecule has 2 rings (SSSR count). The van der Waals surface area contributed by atoms with Crippen LogP contribution < -0.4 is 5.73 Å². The number of aromatic hydroxyl groups is 1. The first-order chi connectivity index (χ1) is 6.70. The third kappa shape index (κ3) is 1.33. The van der Waals surface area contributed by atoms with Crippen LogP contribution in [0.25, 0.3) is 11.2 Å². The molecule has 74 valence electrons. The van der Waals surface area contributed by atoms with Gasteiger partial charge in [0.2, 0.25) is 11.8 Å². The van der Waals surface area contributed by atoms with Gasteiger partial charge < -0.3 is 20.9 Å². The molecule has 0 aromatic carbocycles. The third-order valence-corrected chi connectivity index (χ3v) is 1.75. The molecule has 0 radical (unpaired) electrons. The van der Waals surface area contributed by atoms with Crippen molar-refractivity contribution in [1.82, 2.24) is 19.9 Å². The molecule has 0 aliphatic heterocycles. The first-order valence-electron chi connectivity index (χ1n) is 4.02. The van der Waals surface area contributed by atoms with E-state index in [1.54, 1.807) is 0 Å². The molecule has 2 heterocycles. The molecule has 14 heavy (non-hydrogen) atoms. The van der Waals surface area contributed by atoms with Crippen molar-refractivity contribution in [3.63, 3.8) is 0 Å². The Kier molecular flexibility index (Phi) is 1.93. The Hall–Kier alpha value is -1.89. The zero-order valence-electron chi connectivity index (χ0n) is 7.23. The Labute approximate surface area is 78.6 Å². The van der Waals surface area contributed by atoms with Crippen LogP contribution in [-0.2, 0) is 6.42 Å². The molecule has 0 amide bonds. The lowest BCUT2D eigenvalue weighted by atomic mass is 10.4. The summed E-state index contributed by atoms with van der Waals surface area (Å²) in [6.45, 7) is -0.0243. The Morgan fingerprint density at radius 3 is 2.79 bits per heavy atom. The predicted octanol–water partition coefficient (Wildman–Crippen LogP) is -0.825. The van der Waals surface area contributed by atoms with Crippen molar-refractivity contribution in [3.05, 3.63) is 5.82 Å². The molecule has 0 atom stereocenters. The van der Waals surface area contributed by atoms with E-state index >= 15 is 0 Å². The van der Waals surface area contributed by atoms with Crippen LogP contribution in [0.2, 0.25) is 0 Å². The second-order valence-corrected chi connectivity index (χ2v) is 2.76. The summed E-state index contributed by atoms with van der Waals surface area (Å²) in [6.07, 6.45) is 0.371. The summed E-state index contributed by atoms with van der Waals surface area (Å²) in [7, 11) is 0. The molecule has 7 nitrogen and oxygen atoms in total. The van der Waals surface area contributed by atoms with E-state index < -0.39 is 0 Å². The lowest BCUT2D eigenvalue weighted by Crippen LogP contribution is -1.94. The average molecular weight is 195 g/mol. The molecule has 7 heteroatoms. The van der Waals surface area contributed by atoms with Crippen LogP contribution >= 0.6 is 0 Å². The van der Waals surface area contributed by atoms with Gasteiger partial charge in [0.15, 0.2) is 5.65 Å². The van der Waals surface area contributed by atoms with E-state index in [2.05, 4.69) is 19.9 Å². The van der Waals surface area contributed by atoms with Gasteiger partial charge in [-0.05, 0) is 0 Å². The van der Waals surface area contributed by atoms with Gasteiger partial charge in [-0.2, -0.15) is 9.97 Å². The summed E-state index contributed by atoms with van der Waals surface area (Å²) < 4.78 is 0. The molecule has 5 N–H and O–H groups in total. The minimum Gasteiger partial charge on any atom is -0.492 e. The second-order valence-electron chi connectivity index (χ2n) is 2.76. The molecule has 0 saturated carbocycles. The molecule has 0 unspecified atom stereocenters. The summed E-state index contributed by atoms with van der Waals surface area (Å²) in [5, 5.41) is 18.1. The molecule has 0 spiro atoms. The third-order valence-electron chi connectivity index (χ3n) is 1.75. The van der Waals surface area contributed by atoms with Gasteiger partial charge in [-0.15, -0.1) is 0 Å². The number of aromatic nitrogens is 4. The van der Waals surface area contributed by atoms with Gasteiger partial charge in [0.05, 0.1) is 6.61 Å². The molecule has 2 aromatic rings. The number of rotatable bonds is 2. The van der Waals surface area contributed by atoms with E-state index in [-0.39, 0.29) is 18.4 Å². The second kappa shape index (κ2) is 3.11. The number of fused-ring (bicyclic) bond motifs is 1. The standard InChI is InChI=1S/C7H9N5O2/c8-7-11-5-4(6(14)12-7)9-3(10-5)1-2-13/h13H,1-2H2,(H4,8,9,10,11,12,14). The molecule has 2 aromatic heterocycles. The number of H-pyrrole nitrogens is 1. The number of imidazole rings is 1. The normalized spacial score (nSPS) is 10.9. The van der Waals surface area contributed by atoms with Gasteiger partial charge in [-0.3, -0.25) is 0 Å². The Bertz CT molecular complexity index is 466. The fraction of sp³-hybridized carbons (Fsp3) is 0.286. The topological polar surface area (TPSA) is 121 Å². The summed E-state index contributed by atoms with van der Waals surface area (Å²) in [6, 6.07) is 0. The molecule has 0 aliphatic carbocycles. The van der Waals surface area contributed by atoms with Crippen molar-refractivity contribution in [2.24, 2.45) is 0 Å². The zero-order chi connectivity index (χ0) is 10.1. The van der Waals surface area contributed by atoms with Gasteiger partial charge in [0, 0.05) is 6.42 Å². The number of nitrogens with zero attached hydrogens (tertiary/aromatic N) is 3. The molecule has 0 bridgehead atoms. The highest BCUT2D eigenvalue weighted by Crippen LogP contribution is 2.19. The highest BCUT2D eigenvalue weighted by molar-refractivity contribution is 5.76. The van der Waals surface area contributed by atoms with Crippen LogP contribution in [0, 0.1) is 0 Å². The van der Waals surface area contributed by atoms with Gasteiger partial charge in [-0.25, -0.2) is 4.98 Å². The quantitative estimate of drug-likeness (QED) is 0.496. The van der Waals surface area contributed by atoms with Crippen LogP contribution in [0.3, 0.4) is 0 Å². The zero-order valence-corrected chi connectivity index (χ0v) is 7.23. The van der Waals surface area contributed by atoms with Gasteiger partial charge in [-0.1, -0.05) is 0 Å². The van der Waals surface area contributed by atoms with Crippen LogP contribution in [0.15, 0.2) is 0 Å². The first-order valence-corrected chi connectivity index (χ1v) is 4.02. The summed E-state index contributed by atoms with van der Waals surface area (Å²) >= 11 is 0. The number of nitrogens with one attached hydrogen (secondary N) is 1. The molecule has 0 saturated heterocycles. The first kappa shape index (κ1) is 8.70. The minimum absolute atomic E-state index is 0.0243. The van der Waals surface area contributed by atoms with Crippen LogP contribution in [0.4, 0.5) is 5.95 Å². The Morgan fingerprint density at radius 2 is 2.07 bits per heavy atom. The number of aliphatic hydroxyl groups is 1. The van der Waals surface area contributed by atoms with Crippen LogP contribution in [-0.4, -0.2) is 36.8 Å². The maximum absolute atomic E-state index is 9.37. The largest absolute Gasteiger partial charge is 0.492 e. The monoisotopic (exact) mass is 195 g/mol. The van der Waals surface area contributed by atoms with Crippen molar-refractivity contribution in [3.8, 4) is 5.88 Å². The number of aliphatic hydroxyl groups excluding tert-OH is 1. The maximum atomic E-state index is 9.37. The van der Waals surface area contributed by atoms with E-state index in [1.165, 1.54) is 0 Å². The van der Waals surface area contributed by atoms with Crippen molar-refractivity contribution in [2.75, 3.05) is 12.3 Å². The number of hydrogen-bond acceptors (Lipinski definition) is 6. The molecule has 0 fully saturated rings. The smallest absolute Gasteiger partial charge is 0.242 e. The van der Waals surface area contributed by atoms with Gasteiger partial charge in [0.25, 0.3) is 0 Å². The van der Waals surface area contributed by atoms with Crippen molar-refractivity contribution in [2.45, 2.75) is 6.42 Å². The Morgan fingerprint density at radius 1 is 1.29 bits per heavy atom. The number of hydrogen-bond donors (Lipinski definition) is 4. The highest BCUT2D eigenvalue weighted by Gasteiger charge is 2.09. The molecule has 0 aliphatic rings. The van der Waals surface area contributed by atoms with E-state index in [4.69, 9.17) is 10.8 Å². The van der Waals surface area contributed by atoms with E-state index in [0.29, 0.717) is 23.4 Å². The summed E-state index contributed by atoms with van der Waals surface area (Å²) in [5.41, 5.74) is 5.96. The van der Waals surface area contributed by atoms with Gasteiger partial charge >= 0.3 is 0 Å².